The Hall–Kier alpha value is -1.82. The zero-order chi connectivity index (χ0) is 14.7. The van der Waals surface area contributed by atoms with E-state index in [9.17, 15) is 4.79 Å². The number of halogens is 1. The van der Waals surface area contributed by atoms with Gasteiger partial charge in [0.2, 0.25) is 0 Å². The van der Waals surface area contributed by atoms with Crippen molar-refractivity contribution in [3.63, 3.8) is 0 Å². The largest absolute Gasteiger partial charge is 0.497 e. The van der Waals surface area contributed by atoms with E-state index in [0.717, 1.165) is 21.3 Å². The minimum atomic E-state index is -0.138. The van der Waals surface area contributed by atoms with Crippen LogP contribution in [0.1, 0.15) is 21.6 Å². The zero-order valence-electron chi connectivity index (χ0n) is 11.6. The maximum absolute atomic E-state index is 12.1. The van der Waals surface area contributed by atoms with Crippen LogP contribution in [0.3, 0.4) is 0 Å². The van der Waals surface area contributed by atoms with Crippen LogP contribution in [0.4, 0.5) is 0 Å². The van der Waals surface area contributed by atoms with Gasteiger partial charge in [-0.3, -0.25) is 9.48 Å². The monoisotopic (exact) mass is 337 g/mol. The van der Waals surface area contributed by atoms with Crippen LogP contribution in [0.5, 0.6) is 5.75 Å². The number of nitrogens with one attached hydrogen (secondary N) is 1. The number of methoxy groups -OCH3 is 1. The van der Waals surface area contributed by atoms with E-state index in [0.29, 0.717) is 12.2 Å². The Morgan fingerprint density at radius 3 is 2.80 bits per heavy atom. The number of hydrogen-bond acceptors (Lipinski definition) is 3. The molecule has 106 valence electrons. The maximum atomic E-state index is 12.1. The van der Waals surface area contributed by atoms with Gasteiger partial charge in [0.15, 0.2) is 0 Å². The molecule has 20 heavy (non-hydrogen) atoms. The summed E-state index contributed by atoms with van der Waals surface area (Å²) in [5, 5.41) is 6.95. The number of ether oxygens (including phenoxy) is 1. The first-order chi connectivity index (χ1) is 9.51. The van der Waals surface area contributed by atoms with Crippen molar-refractivity contribution in [2.24, 2.45) is 7.05 Å². The first kappa shape index (κ1) is 14.6. The van der Waals surface area contributed by atoms with Gasteiger partial charge in [0.1, 0.15) is 11.4 Å². The molecule has 1 aromatic heterocycles. The lowest BCUT2D eigenvalue weighted by Crippen LogP contribution is -2.25. The molecule has 0 atom stereocenters. The predicted molar refractivity (Wildman–Crippen MR) is 79.8 cm³/mol. The first-order valence-corrected chi connectivity index (χ1v) is 6.91. The van der Waals surface area contributed by atoms with Crippen LogP contribution < -0.4 is 10.1 Å². The van der Waals surface area contributed by atoms with E-state index in [2.05, 4.69) is 26.3 Å². The van der Waals surface area contributed by atoms with Crippen molar-refractivity contribution in [2.75, 3.05) is 7.11 Å². The highest BCUT2D eigenvalue weighted by atomic mass is 79.9. The minimum Gasteiger partial charge on any atom is -0.497 e. The fraction of sp³-hybridized carbons (Fsp3) is 0.286. The van der Waals surface area contributed by atoms with Crippen molar-refractivity contribution in [3.05, 3.63) is 45.7 Å². The van der Waals surface area contributed by atoms with Gasteiger partial charge in [-0.2, -0.15) is 5.10 Å². The van der Waals surface area contributed by atoms with Gasteiger partial charge in [-0.1, -0.05) is 15.9 Å². The van der Waals surface area contributed by atoms with Gasteiger partial charge < -0.3 is 10.1 Å². The maximum Gasteiger partial charge on any atom is 0.270 e. The van der Waals surface area contributed by atoms with Crippen LogP contribution in [-0.4, -0.2) is 22.8 Å². The number of carbonyl (C=O) groups is 1. The predicted octanol–water partition coefficient (Wildman–Crippen LogP) is 2.43. The van der Waals surface area contributed by atoms with Gasteiger partial charge in [0.25, 0.3) is 5.91 Å². The van der Waals surface area contributed by atoms with Crippen molar-refractivity contribution < 1.29 is 9.53 Å². The third kappa shape index (κ3) is 3.19. The third-order valence-corrected chi connectivity index (χ3v) is 3.41. The molecule has 0 spiro atoms. The summed E-state index contributed by atoms with van der Waals surface area (Å²) in [5.74, 6) is 0.613. The first-order valence-electron chi connectivity index (χ1n) is 6.11. The summed E-state index contributed by atoms with van der Waals surface area (Å²) in [7, 11) is 3.37. The fourth-order valence-corrected chi connectivity index (χ4v) is 2.50. The molecule has 0 unspecified atom stereocenters. The summed E-state index contributed by atoms with van der Waals surface area (Å²) < 4.78 is 7.69. The van der Waals surface area contributed by atoms with E-state index in [1.807, 2.05) is 25.1 Å². The Labute approximate surface area is 126 Å². The third-order valence-electron chi connectivity index (χ3n) is 2.96. The normalized spacial score (nSPS) is 10.4. The summed E-state index contributed by atoms with van der Waals surface area (Å²) in [4.78, 5) is 12.1. The summed E-state index contributed by atoms with van der Waals surface area (Å²) in [5.41, 5.74) is 2.40. The van der Waals surface area contributed by atoms with Crippen molar-refractivity contribution in [1.29, 1.82) is 0 Å². The fourth-order valence-electron chi connectivity index (χ4n) is 1.98. The quantitative estimate of drug-likeness (QED) is 0.932. The molecule has 0 radical (unpaired) electrons. The molecule has 0 aliphatic carbocycles. The standard InChI is InChI=1S/C14H16BrN3O2/c1-9-7-17-18(2)13(9)14(19)16-8-10-4-11(15)6-12(5-10)20-3/h4-7H,8H2,1-3H3,(H,16,19). The number of benzene rings is 1. The molecular formula is C14H16BrN3O2. The van der Waals surface area contributed by atoms with Crippen LogP contribution in [0.15, 0.2) is 28.9 Å². The van der Waals surface area contributed by atoms with Crippen molar-refractivity contribution >= 4 is 21.8 Å². The van der Waals surface area contributed by atoms with Crippen LogP contribution in [-0.2, 0) is 13.6 Å². The molecule has 6 heteroatoms. The number of aryl methyl sites for hydroxylation is 2. The summed E-state index contributed by atoms with van der Waals surface area (Å²) in [6, 6.07) is 5.70. The molecule has 1 amide bonds. The molecule has 0 aliphatic rings. The van der Waals surface area contributed by atoms with E-state index in [4.69, 9.17) is 4.74 Å². The number of nitrogens with zero attached hydrogens (tertiary/aromatic N) is 2. The van der Waals surface area contributed by atoms with Crippen LogP contribution in [0, 0.1) is 6.92 Å². The van der Waals surface area contributed by atoms with Gasteiger partial charge in [0, 0.05) is 18.1 Å². The van der Waals surface area contributed by atoms with Crippen LogP contribution in [0.2, 0.25) is 0 Å². The van der Waals surface area contributed by atoms with Crippen molar-refractivity contribution in [2.45, 2.75) is 13.5 Å². The highest BCUT2D eigenvalue weighted by Crippen LogP contribution is 2.21. The average molecular weight is 338 g/mol. The van der Waals surface area contributed by atoms with Crippen molar-refractivity contribution in [1.82, 2.24) is 15.1 Å². The Morgan fingerprint density at radius 2 is 2.20 bits per heavy atom. The molecule has 5 nitrogen and oxygen atoms in total. The molecule has 0 fully saturated rings. The molecule has 2 rings (SSSR count). The van der Waals surface area contributed by atoms with Gasteiger partial charge >= 0.3 is 0 Å². The van der Waals surface area contributed by atoms with Gasteiger partial charge in [-0.25, -0.2) is 0 Å². The lowest BCUT2D eigenvalue weighted by molar-refractivity contribution is 0.0941. The Bertz CT molecular complexity index is 618. The number of aromatic nitrogens is 2. The van der Waals surface area contributed by atoms with Gasteiger partial charge in [-0.05, 0) is 36.2 Å². The van der Waals surface area contributed by atoms with Crippen LogP contribution >= 0.6 is 15.9 Å². The highest BCUT2D eigenvalue weighted by Gasteiger charge is 2.13. The van der Waals surface area contributed by atoms with Crippen molar-refractivity contribution in [3.8, 4) is 5.75 Å². The summed E-state index contributed by atoms with van der Waals surface area (Å²) in [6.07, 6.45) is 1.68. The average Bonchev–Trinajstić information content (AvgIpc) is 2.75. The van der Waals surface area contributed by atoms with E-state index in [-0.39, 0.29) is 5.91 Å². The Morgan fingerprint density at radius 1 is 1.45 bits per heavy atom. The molecule has 0 aliphatic heterocycles. The smallest absolute Gasteiger partial charge is 0.270 e. The molecule has 2 aromatic rings. The Kier molecular flexibility index (Phi) is 4.44. The number of rotatable bonds is 4. The molecule has 1 N–H and O–H groups in total. The van der Waals surface area contributed by atoms with E-state index in [1.54, 1.807) is 25.0 Å². The summed E-state index contributed by atoms with van der Waals surface area (Å²) >= 11 is 3.42. The second-order valence-corrected chi connectivity index (χ2v) is 5.40. The van der Waals surface area contributed by atoms with E-state index < -0.39 is 0 Å². The Balaban J connectivity index is 2.09. The van der Waals surface area contributed by atoms with E-state index >= 15 is 0 Å². The molecular weight excluding hydrogens is 322 g/mol. The summed E-state index contributed by atoms with van der Waals surface area (Å²) in [6.45, 7) is 2.29. The molecule has 0 saturated carbocycles. The SMILES string of the molecule is COc1cc(Br)cc(CNC(=O)c2c(C)cnn2C)c1. The van der Waals surface area contributed by atoms with Gasteiger partial charge in [-0.15, -0.1) is 0 Å². The van der Waals surface area contributed by atoms with Gasteiger partial charge in [0.05, 0.1) is 13.3 Å². The minimum absolute atomic E-state index is 0.138. The molecule has 0 bridgehead atoms. The topological polar surface area (TPSA) is 56.1 Å². The number of hydrogen-bond donors (Lipinski definition) is 1. The second kappa shape index (κ2) is 6.09. The molecule has 1 aromatic carbocycles. The highest BCUT2D eigenvalue weighted by molar-refractivity contribution is 9.10. The molecule has 1 heterocycles. The molecule has 0 saturated heterocycles. The lowest BCUT2D eigenvalue weighted by atomic mass is 10.2. The lowest BCUT2D eigenvalue weighted by Gasteiger charge is -2.09. The van der Waals surface area contributed by atoms with E-state index in [1.165, 1.54) is 0 Å². The van der Waals surface area contributed by atoms with Crippen LogP contribution in [0.25, 0.3) is 0 Å². The number of carbonyl (C=O) groups excluding carboxylic acids is 1. The second-order valence-electron chi connectivity index (χ2n) is 4.48. The zero-order valence-corrected chi connectivity index (χ0v) is 13.2. The number of amides is 1.